The molecule has 1 aromatic carbocycles. The molecule has 2 saturated heterocycles. The third-order valence-corrected chi connectivity index (χ3v) is 5.40. The molecule has 1 N–H and O–H groups in total. The summed E-state index contributed by atoms with van der Waals surface area (Å²) in [5.41, 5.74) is 2.76. The Morgan fingerprint density at radius 3 is 2.42 bits per heavy atom. The predicted octanol–water partition coefficient (Wildman–Crippen LogP) is 3.18. The number of aliphatic hydroxyl groups is 1. The van der Waals surface area contributed by atoms with Crippen LogP contribution in [-0.2, 0) is 16.0 Å². The molecule has 0 atom stereocenters. The Hall–Kier alpha value is -2.08. The maximum Gasteiger partial charge on any atom is 0.170 e. The first kappa shape index (κ1) is 17.3. The largest absolute Gasteiger partial charge is 0.505 e. The minimum absolute atomic E-state index is 0.289. The highest BCUT2D eigenvalue weighted by atomic mass is 16.7. The molecule has 2 fully saturated rings. The molecule has 0 amide bonds. The van der Waals surface area contributed by atoms with Crippen molar-refractivity contribution in [1.29, 1.82) is 0 Å². The second-order valence-electron chi connectivity index (χ2n) is 7.13. The number of piperidine rings is 1. The smallest absolute Gasteiger partial charge is 0.170 e. The summed E-state index contributed by atoms with van der Waals surface area (Å²) in [5.74, 6) is -0.0668. The summed E-state index contributed by atoms with van der Waals surface area (Å²) in [6.07, 6.45) is 5.77. The van der Waals surface area contributed by atoms with Crippen molar-refractivity contribution in [2.75, 3.05) is 32.8 Å². The summed E-state index contributed by atoms with van der Waals surface area (Å²) in [6.45, 7) is 8.72. The first-order valence-corrected chi connectivity index (χ1v) is 9.26. The van der Waals surface area contributed by atoms with E-state index in [4.69, 9.17) is 9.47 Å². The lowest BCUT2D eigenvalue weighted by molar-refractivity contribution is -0.184. The van der Waals surface area contributed by atoms with Gasteiger partial charge in [0.1, 0.15) is 5.76 Å². The molecule has 0 aromatic heterocycles. The van der Waals surface area contributed by atoms with Crippen molar-refractivity contribution in [3.05, 3.63) is 71.8 Å². The van der Waals surface area contributed by atoms with Crippen LogP contribution in [0, 0.1) is 0 Å². The number of rotatable bonds is 4. The first-order valence-electron chi connectivity index (χ1n) is 9.26. The van der Waals surface area contributed by atoms with Crippen molar-refractivity contribution in [2.45, 2.75) is 25.2 Å². The third-order valence-electron chi connectivity index (χ3n) is 5.40. The zero-order valence-electron chi connectivity index (χ0n) is 15.1. The molecule has 26 heavy (non-hydrogen) atoms. The molecule has 1 aromatic rings. The first-order chi connectivity index (χ1) is 12.7. The van der Waals surface area contributed by atoms with Crippen LogP contribution in [0.4, 0.5) is 0 Å². The number of benzene rings is 1. The van der Waals surface area contributed by atoms with Gasteiger partial charge in [0.25, 0.3) is 0 Å². The van der Waals surface area contributed by atoms with Crippen LogP contribution in [0.2, 0.25) is 0 Å². The fraction of sp³-hybridized carbons (Fsp3) is 0.429. The number of nitrogens with zero attached hydrogens (tertiary/aromatic N) is 2. The lowest BCUT2D eigenvalue weighted by Crippen LogP contribution is -2.45. The summed E-state index contributed by atoms with van der Waals surface area (Å²) >= 11 is 0. The maximum atomic E-state index is 10.6. The Balaban J connectivity index is 1.36. The average Bonchev–Trinajstić information content (AvgIpc) is 3.12. The van der Waals surface area contributed by atoms with E-state index in [-0.39, 0.29) is 11.5 Å². The van der Waals surface area contributed by atoms with Gasteiger partial charge in [-0.3, -0.25) is 4.90 Å². The second-order valence-corrected chi connectivity index (χ2v) is 7.13. The van der Waals surface area contributed by atoms with Crippen molar-refractivity contribution in [1.82, 2.24) is 9.80 Å². The lowest BCUT2D eigenvalue weighted by atomic mass is 10.0. The number of hydrogen-bond donors (Lipinski definition) is 1. The Bertz CT molecular complexity index is 710. The van der Waals surface area contributed by atoms with E-state index in [9.17, 15) is 5.11 Å². The van der Waals surface area contributed by atoms with Crippen LogP contribution >= 0.6 is 0 Å². The highest BCUT2D eigenvalue weighted by Crippen LogP contribution is 2.32. The molecule has 5 heteroatoms. The molecule has 0 saturated carbocycles. The molecule has 0 aliphatic carbocycles. The van der Waals surface area contributed by atoms with Crippen molar-refractivity contribution in [3.8, 4) is 0 Å². The van der Waals surface area contributed by atoms with E-state index >= 15 is 0 Å². The number of hydrogen-bond acceptors (Lipinski definition) is 5. The topological polar surface area (TPSA) is 45.2 Å². The van der Waals surface area contributed by atoms with E-state index in [0.29, 0.717) is 25.5 Å². The molecule has 3 aliphatic heterocycles. The molecule has 4 rings (SSSR count). The fourth-order valence-electron chi connectivity index (χ4n) is 3.80. The van der Waals surface area contributed by atoms with Gasteiger partial charge < -0.3 is 19.5 Å². The van der Waals surface area contributed by atoms with E-state index in [2.05, 4.69) is 23.6 Å². The van der Waals surface area contributed by atoms with Crippen molar-refractivity contribution >= 4 is 0 Å². The third kappa shape index (κ3) is 3.56. The standard InChI is InChI=1S/C21H26N2O3/c1-17-20(24)19(7-10-23(17)15-18-5-3-2-4-6-18)16-22-11-8-21(9-12-22)25-13-14-26-21/h2-7,10,24H,1,8-9,11-16H2. The van der Waals surface area contributed by atoms with Crippen LogP contribution < -0.4 is 0 Å². The van der Waals surface area contributed by atoms with E-state index < -0.39 is 0 Å². The summed E-state index contributed by atoms with van der Waals surface area (Å²) in [6, 6.07) is 10.2. The van der Waals surface area contributed by atoms with Crippen LogP contribution in [-0.4, -0.2) is 53.5 Å². The quantitative estimate of drug-likeness (QED) is 0.900. The highest BCUT2D eigenvalue weighted by molar-refractivity contribution is 5.39. The molecule has 0 radical (unpaired) electrons. The highest BCUT2D eigenvalue weighted by Gasteiger charge is 2.39. The summed E-state index contributed by atoms with van der Waals surface area (Å²) in [5, 5.41) is 10.6. The average molecular weight is 354 g/mol. The molecule has 3 heterocycles. The van der Waals surface area contributed by atoms with Gasteiger partial charge in [-0.15, -0.1) is 0 Å². The van der Waals surface area contributed by atoms with Crippen molar-refractivity contribution in [2.24, 2.45) is 0 Å². The van der Waals surface area contributed by atoms with E-state index in [1.807, 2.05) is 35.4 Å². The van der Waals surface area contributed by atoms with Gasteiger partial charge in [-0.1, -0.05) is 36.9 Å². The van der Waals surface area contributed by atoms with Gasteiger partial charge in [-0.2, -0.15) is 0 Å². The van der Waals surface area contributed by atoms with Gasteiger partial charge in [-0.25, -0.2) is 0 Å². The zero-order chi connectivity index (χ0) is 18.0. The van der Waals surface area contributed by atoms with Gasteiger partial charge in [-0.05, 0) is 11.6 Å². The molecule has 0 bridgehead atoms. The van der Waals surface area contributed by atoms with Gasteiger partial charge in [0.2, 0.25) is 0 Å². The fourth-order valence-corrected chi connectivity index (χ4v) is 3.80. The number of likely N-dealkylation sites (tertiary alicyclic amines) is 1. The van der Waals surface area contributed by atoms with E-state index in [1.165, 1.54) is 5.56 Å². The molecule has 138 valence electrons. The molecular formula is C21H26N2O3. The minimum Gasteiger partial charge on any atom is -0.505 e. The number of aliphatic hydroxyl groups excluding tert-OH is 1. The summed E-state index contributed by atoms with van der Waals surface area (Å²) in [4.78, 5) is 4.33. The minimum atomic E-state index is -0.356. The normalized spacial score (nSPS) is 23.2. The zero-order valence-corrected chi connectivity index (χ0v) is 15.1. The number of ether oxygens (including phenoxy) is 2. The molecule has 5 nitrogen and oxygen atoms in total. The van der Waals surface area contributed by atoms with Gasteiger partial charge in [0.15, 0.2) is 5.79 Å². The van der Waals surface area contributed by atoms with Crippen LogP contribution in [0.3, 0.4) is 0 Å². The van der Waals surface area contributed by atoms with Crippen LogP contribution in [0.15, 0.2) is 66.2 Å². The summed E-state index contributed by atoms with van der Waals surface area (Å²) < 4.78 is 11.6. The van der Waals surface area contributed by atoms with Crippen molar-refractivity contribution in [3.63, 3.8) is 0 Å². The van der Waals surface area contributed by atoms with Crippen molar-refractivity contribution < 1.29 is 14.6 Å². The Labute approximate surface area is 154 Å². The lowest BCUT2D eigenvalue weighted by Gasteiger charge is -2.38. The Morgan fingerprint density at radius 1 is 1.04 bits per heavy atom. The Kier molecular flexibility index (Phi) is 4.85. The maximum absolute atomic E-state index is 10.6. The second kappa shape index (κ2) is 7.27. The predicted molar refractivity (Wildman–Crippen MR) is 100 cm³/mol. The van der Waals surface area contributed by atoms with E-state index in [1.54, 1.807) is 0 Å². The molecular weight excluding hydrogens is 328 g/mol. The molecule has 1 spiro atoms. The van der Waals surface area contributed by atoms with Gasteiger partial charge in [0.05, 0.1) is 18.9 Å². The van der Waals surface area contributed by atoms with Gasteiger partial charge >= 0.3 is 0 Å². The monoisotopic (exact) mass is 354 g/mol. The van der Waals surface area contributed by atoms with Gasteiger partial charge in [0, 0.05) is 50.8 Å². The van der Waals surface area contributed by atoms with E-state index in [0.717, 1.165) is 38.0 Å². The molecule has 3 aliphatic rings. The van der Waals surface area contributed by atoms with Crippen LogP contribution in [0.5, 0.6) is 0 Å². The van der Waals surface area contributed by atoms with Crippen LogP contribution in [0.25, 0.3) is 0 Å². The Morgan fingerprint density at radius 2 is 1.73 bits per heavy atom. The summed E-state index contributed by atoms with van der Waals surface area (Å²) in [7, 11) is 0. The SMILES string of the molecule is C=C1C(O)=C(CN2CCC3(CC2)OCCO3)C=CN1Cc1ccccc1. The van der Waals surface area contributed by atoms with Crippen LogP contribution in [0.1, 0.15) is 18.4 Å². The molecule has 0 unspecified atom stereocenters.